The highest BCUT2D eigenvalue weighted by Crippen LogP contribution is 2.19. The van der Waals surface area contributed by atoms with Crippen LogP contribution in [-0.2, 0) is 0 Å². The van der Waals surface area contributed by atoms with E-state index in [4.69, 9.17) is 5.73 Å². The lowest BCUT2D eigenvalue weighted by molar-refractivity contribution is 0.0214. The van der Waals surface area contributed by atoms with E-state index in [0.29, 0.717) is 13.0 Å². The van der Waals surface area contributed by atoms with Crippen LogP contribution in [0.3, 0.4) is 0 Å². The first-order chi connectivity index (χ1) is 6.27. The zero-order valence-electron chi connectivity index (χ0n) is 7.95. The highest BCUT2D eigenvalue weighted by molar-refractivity contribution is 4.79. The molecular weight excluding hydrogens is 171 g/mol. The molecule has 3 nitrogen and oxygen atoms in total. The summed E-state index contributed by atoms with van der Waals surface area (Å²) in [6.45, 7) is 2.84. The van der Waals surface area contributed by atoms with Gasteiger partial charge in [0, 0.05) is 32.1 Å². The molecule has 1 saturated heterocycles. The fourth-order valence-corrected chi connectivity index (χ4v) is 1.90. The first kappa shape index (κ1) is 10.9. The molecule has 0 radical (unpaired) electrons. The summed E-state index contributed by atoms with van der Waals surface area (Å²) in [6.07, 6.45) is 0.914. The fourth-order valence-electron chi connectivity index (χ4n) is 1.90. The molecule has 1 fully saturated rings. The zero-order valence-corrected chi connectivity index (χ0v) is 7.95. The van der Waals surface area contributed by atoms with E-state index in [1.807, 2.05) is 0 Å². The zero-order chi connectivity index (χ0) is 9.68. The summed E-state index contributed by atoms with van der Waals surface area (Å²) in [5.41, 5.74) is 5.44. The van der Waals surface area contributed by atoms with Gasteiger partial charge in [0.2, 0.25) is 0 Å². The molecule has 1 heterocycles. The average Bonchev–Trinajstić information content (AvgIpc) is 2.12. The van der Waals surface area contributed by atoms with Crippen LogP contribution in [0.15, 0.2) is 0 Å². The van der Waals surface area contributed by atoms with E-state index >= 15 is 0 Å². The Morgan fingerprint density at radius 2 is 2.31 bits per heavy atom. The lowest BCUT2D eigenvalue weighted by atomic mass is 9.92. The van der Waals surface area contributed by atoms with Gasteiger partial charge in [0.15, 0.2) is 0 Å². The predicted octanol–water partition coefficient (Wildman–Crippen LogP) is -0.0125. The first-order valence-electron chi connectivity index (χ1n) is 4.94. The lowest BCUT2D eigenvalue weighted by Crippen LogP contribution is -2.45. The second kappa shape index (κ2) is 5.52. The lowest BCUT2D eigenvalue weighted by Gasteiger charge is -2.35. The SMILES string of the molecule is NCCN1CC[C@@H](O)[C@@H](CCF)C1. The highest BCUT2D eigenvalue weighted by Gasteiger charge is 2.26. The van der Waals surface area contributed by atoms with Gasteiger partial charge in [-0.05, 0) is 12.8 Å². The molecule has 0 bridgehead atoms. The summed E-state index contributed by atoms with van der Waals surface area (Å²) in [5.74, 6) is 0.102. The Labute approximate surface area is 78.7 Å². The van der Waals surface area contributed by atoms with Gasteiger partial charge in [0.1, 0.15) is 0 Å². The smallest absolute Gasteiger partial charge is 0.0898 e. The maximum Gasteiger partial charge on any atom is 0.0898 e. The van der Waals surface area contributed by atoms with Crippen LogP contribution in [-0.4, -0.2) is 49.0 Å². The maximum atomic E-state index is 12.1. The van der Waals surface area contributed by atoms with E-state index in [9.17, 15) is 9.50 Å². The van der Waals surface area contributed by atoms with Gasteiger partial charge >= 0.3 is 0 Å². The van der Waals surface area contributed by atoms with E-state index in [0.717, 1.165) is 26.1 Å². The van der Waals surface area contributed by atoms with Gasteiger partial charge in [-0.25, -0.2) is 0 Å². The third-order valence-electron chi connectivity index (χ3n) is 2.70. The molecule has 0 saturated carbocycles. The molecule has 0 spiro atoms. The summed E-state index contributed by atoms with van der Waals surface area (Å²) < 4.78 is 12.1. The van der Waals surface area contributed by atoms with Crippen LogP contribution in [0.5, 0.6) is 0 Å². The second-order valence-electron chi connectivity index (χ2n) is 3.68. The Hall–Kier alpha value is -0.190. The van der Waals surface area contributed by atoms with Gasteiger partial charge in [-0.1, -0.05) is 0 Å². The van der Waals surface area contributed by atoms with Crippen LogP contribution < -0.4 is 5.73 Å². The monoisotopic (exact) mass is 190 g/mol. The first-order valence-corrected chi connectivity index (χ1v) is 4.94. The molecule has 3 N–H and O–H groups in total. The minimum absolute atomic E-state index is 0.102. The third kappa shape index (κ3) is 3.21. The number of piperidine rings is 1. The Bertz CT molecular complexity index is 146. The van der Waals surface area contributed by atoms with E-state index in [-0.39, 0.29) is 18.7 Å². The van der Waals surface area contributed by atoms with Crippen LogP contribution >= 0.6 is 0 Å². The van der Waals surface area contributed by atoms with Crippen LogP contribution in [0.1, 0.15) is 12.8 Å². The number of nitrogens with zero attached hydrogens (tertiary/aromatic N) is 1. The van der Waals surface area contributed by atoms with Gasteiger partial charge in [-0.3, -0.25) is 4.39 Å². The van der Waals surface area contributed by atoms with E-state index in [1.54, 1.807) is 0 Å². The Morgan fingerprint density at radius 1 is 1.54 bits per heavy atom. The second-order valence-corrected chi connectivity index (χ2v) is 3.68. The molecule has 2 atom stereocenters. The van der Waals surface area contributed by atoms with Gasteiger partial charge < -0.3 is 15.7 Å². The Kier molecular flexibility index (Phi) is 4.62. The molecular formula is C9H19FN2O. The molecule has 1 rings (SSSR count). The summed E-state index contributed by atoms with van der Waals surface area (Å²) in [6, 6.07) is 0. The summed E-state index contributed by atoms with van der Waals surface area (Å²) in [4.78, 5) is 2.20. The number of halogens is 1. The molecule has 78 valence electrons. The third-order valence-corrected chi connectivity index (χ3v) is 2.70. The maximum absolute atomic E-state index is 12.1. The van der Waals surface area contributed by atoms with Gasteiger partial charge in [-0.15, -0.1) is 0 Å². The van der Waals surface area contributed by atoms with Crippen molar-refractivity contribution in [2.24, 2.45) is 11.7 Å². The number of aliphatic hydroxyl groups excluding tert-OH is 1. The number of hydrogen-bond acceptors (Lipinski definition) is 3. The van der Waals surface area contributed by atoms with Crippen molar-refractivity contribution in [3.8, 4) is 0 Å². The van der Waals surface area contributed by atoms with Gasteiger partial charge in [-0.2, -0.15) is 0 Å². The van der Waals surface area contributed by atoms with E-state index in [1.165, 1.54) is 0 Å². The Balaban J connectivity index is 2.33. The van der Waals surface area contributed by atoms with Crippen LogP contribution in [0.2, 0.25) is 0 Å². The molecule has 0 unspecified atom stereocenters. The molecule has 1 aliphatic rings. The van der Waals surface area contributed by atoms with Crippen molar-refractivity contribution in [3.63, 3.8) is 0 Å². The van der Waals surface area contributed by atoms with Crippen LogP contribution in [0, 0.1) is 5.92 Å². The molecule has 0 aromatic carbocycles. The number of likely N-dealkylation sites (tertiary alicyclic amines) is 1. The largest absolute Gasteiger partial charge is 0.393 e. The van der Waals surface area contributed by atoms with E-state index < -0.39 is 0 Å². The molecule has 4 heteroatoms. The van der Waals surface area contributed by atoms with Gasteiger partial charge in [0.25, 0.3) is 0 Å². The number of hydrogen-bond donors (Lipinski definition) is 2. The van der Waals surface area contributed by atoms with Crippen molar-refractivity contribution in [2.75, 3.05) is 32.9 Å². The number of rotatable bonds is 4. The molecule has 13 heavy (non-hydrogen) atoms. The molecule has 1 aliphatic heterocycles. The van der Waals surface area contributed by atoms with Crippen molar-refractivity contribution < 1.29 is 9.50 Å². The van der Waals surface area contributed by atoms with Gasteiger partial charge in [0.05, 0.1) is 12.8 Å². The minimum atomic E-state index is -0.335. The van der Waals surface area contributed by atoms with E-state index in [2.05, 4.69) is 4.90 Å². The standard InChI is InChI=1S/C9H19FN2O/c10-3-1-8-7-12(6-4-11)5-2-9(8)13/h8-9,13H,1-7,11H2/t8-,9+/m0/s1. The summed E-state index contributed by atoms with van der Waals surface area (Å²) >= 11 is 0. The topological polar surface area (TPSA) is 49.5 Å². The molecule has 0 aromatic rings. The normalized spacial score (nSPS) is 30.7. The van der Waals surface area contributed by atoms with Crippen molar-refractivity contribution in [3.05, 3.63) is 0 Å². The summed E-state index contributed by atoms with van der Waals surface area (Å²) in [7, 11) is 0. The number of aliphatic hydroxyl groups is 1. The van der Waals surface area contributed by atoms with Crippen LogP contribution in [0.4, 0.5) is 4.39 Å². The summed E-state index contributed by atoms with van der Waals surface area (Å²) in [5, 5.41) is 9.56. The van der Waals surface area contributed by atoms with Crippen molar-refractivity contribution in [1.82, 2.24) is 4.90 Å². The van der Waals surface area contributed by atoms with Crippen molar-refractivity contribution in [2.45, 2.75) is 18.9 Å². The quantitative estimate of drug-likeness (QED) is 0.655. The fraction of sp³-hybridized carbons (Fsp3) is 1.00. The molecule has 0 aliphatic carbocycles. The van der Waals surface area contributed by atoms with Crippen LogP contribution in [0.25, 0.3) is 0 Å². The average molecular weight is 190 g/mol. The highest BCUT2D eigenvalue weighted by atomic mass is 19.1. The minimum Gasteiger partial charge on any atom is -0.393 e. The predicted molar refractivity (Wildman–Crippen MR) is 50.2 cm³/mol. The van der Waals surface area contributed by atoms with Crippen molar-refractivity contribution >= 4 is 0 Å². The molecule has 0 amide bonds. The number of nitrogens with two attached hydrogens (primary N) is 1. The van der Waals surface area contributed by atoms with Crippen molar-refractivity contribution in [1.29, 1.82) is 0 Å². The Morgan fingerprint density at radius 3 is 2.92 bits per heavy atom. The number of alkyl halides is 1. The molecule has 0 aromatic heterocycles.